The minimum Gasteiger partial charge on any atom is -0.442 e. The summed E-state index contributed by atoms with van der Waals surface area (Å²) in [7, 11) is 0. The summed E-state index contributed by atoms with van der Waals surface area (Å²) >= 11 is 0. The number of carbonyl (C=O) groups is 1. The highest BCUT2D eigenvalue weighted by molar-refractivity contribution is 6.06. The van der Waals surface area contributed by atoms with Crippen LogP contribution in [0.15, 0.2) is 27.9 Å². The Labute approximate surface area is 118 Å². The van der Waals surface area contributed by atoms with Crippen molar-refractivity contribution in [3.63, 3.8) is 0 Å². The van der Waals surface area contributed by atoms with Gasteiger partial charge in [0, 0.05) is 25.4 Å². The van der Waals surface area contributed by atoms with Crippen LogP contribution in [0.4, 0.5) is 0 Å². The molecule has 0 spiro atoms. The Morgan fingerprint density at radius 1 is 1.38 bits per heavy atom. The Kier molecular flexibility index (Phi) is 3.27. The van der Waals surface area contributed by atoms with E-state index < -0.39 is 5.56 Å². The number of hydrogen-bond acceptors (Lipinski definition) is 5. The summed E-state index contributed by atoms with van der Waals surface area (Å²) < 4.78 is 5.34. The van der Waals surface area contributed by atoms with Crippen molar-refractivity contribution in [1.29, 1.82) is 0 Å². The van der Waals surface area contributed by atoms with Crippen molar-refractivity contribution in [3.05, 3.63) is 46.2 Å². The van der Waals surface area contributed by atoms with E-state index in [2.05, 4.69) is 25.3 Å². The van der Waals surface area contributed by atoms with Crippen LogP contribution in [0.5, 0.6) is 0 Å². The molecule has 0 aliphatic carbocycles. The van der Waals surface area contributed by atoms with Gasteiger partial charge in [0.1, 0.15) is 17.0 Å². The van der Waals surface area contributed by atoms with Gasteiger partial charge in [0.05, 0.1) is 11.9 Å². The first-order valence-electron chi connectivity index (χ1n) is 6.40. The number of nitrogens with one attached hydrogen (secondary N) is 3. The van der Waals surface area contributed by atoms with E-state index in [0.29, 0.717) is 18.7 Å². The van der Waals surface area contributed by atoms with Crippen molar-refractivity contribution in [2.45, 2.75) is 13.3 Å². The van der Waals surface area contributed by atoms with Crippen molar-refractivity contribution in [3.8, 4) is 0 Å². The van der Waals surface area contributed by atoms with E-state index in [0.717, 1.165) is 5.82 Å². The number of carbonyl (C=O) groups excluding carboxylic acids is 1. The van der Waals surface area contributed by atoms with Crippen molar-refractivity contribution >= 4 is 17.0 Å². The van der Waals surface area contributed by atoms with Gasteiger partial charge in [0.2, 0.25) is 5.71 Å². The van der Waals surface area contributed by atoms with Gasteiger partial charge < -0.3 is 19.7 Å². The van der Waals surface area contributed by atoms with E-state index >= 15 is 0 Å². The SMILES string of the molecule is Cc1oc2nc[nH]c(=O)c2c1C(=O)NCCc1ncc[nH]1. The zero-order chi connectivity index (χ0) is 14.8. The molecule has 8 nitrogen and oxygen atoms in total. The zero-order valence-corrected chi connectivity index (χ0v) is 11.3. The fourth-order valence-corrected chi connectivity index (χ4v) is 2.14. The second-order valence-corrected chi connectivity index (χ2v) is 4.49. The van der Waals surface area contributed by atoms with Gasteiger partial charge in [-0.15, -0.1) is 0 Å². The van der Waals surface area contributed by atoms with Gasteiger partial charge in [0.15, 0.2) is 0 Å². The number of aromatic amines is 2. The van der Waals surface area contributed by atoms with E-state index in [1.165, 1.54) is 6.33 Å². The molecule has 0 aliphatic heterocycles. The molecule has 0 aromatic carbocycles. The minimum absolute atomic E-state index is 0.160. The van der Waals surface area contributed by atoms with Crippen molar-refractivity contribution in [2.24, 2.45) is 0 Å². The molecule has 0 atom stereocenters. The maximum Gasteiger partial charge on any atom is 0.262 e. The fraction of sp³-hybridized carbons (Fsp3) is 0.231. The predicted octanol–water partition coefficient (Wildman–Crippen LogP) is 0.520. The van der Waals surface area contributed by atoms with Crippen LogP contribution in [-0.4, -0.2) is 32.4 Å². The first-order valence-corrected chi connectivity index (χ1v) is 6.40. The Morgan fingerprint density at radius 2 is 2.24 bits per heavy atom. The largest absolute Gasteiger partial charge is 0.442 e. The Morgan fingerprint density at radius 3 is 3.00 bits per heavy atom. The van der Waals surface area contributed by atoms with Crippen LogP contribution in [0.2, 0.25) is 0 Å². The zero-order valence-electron chi connectivity index (χ0n) is 11.3. The highest BCUT2D eigenvalue weighted by Gasteiger charge is 2.21. The molecule has 0 unspecified atom stereocenters. The van der Waals surface area contributed by atoms with Crippen LogP contribution >= 0.6 is 0 Å². The highest BCUT2D eigenvalue weighted by Crippen LogP contribution is 2.20. The molecule has 3 N–H and O–H groups in total. The lowest BCUT2D eigenvalue weighted by molar-refractivity contribution is 0.0954. The maximum atomic E-state index is 12.2. The van der Waals surface area contributed by atoms with E-state index in [1.54, 1.807) is 19.3 Å². The Balaban J connectivity index is 1.81. The lowest BCUT2D eigenvalue weighted by atomic mass is 10.2. The summed E-state index contributed by atoms with van der Waals surface area (Å²) in [6, 6.07) is 0. The number of furan rings is 1. The number of imidazole rings is 1. The molecule has 3 heterocycles. The minimum atomic E-state index is -0.395. The van der Waals surface area contributed by atoms with Crippen LogP contribution in [0, 0.1) is 6.92 Å². The summed E-state index contributed by atoms with van der Waals surface area (Å²) in [4.78, 5) is 37.4. The van der Waals surface area contributed by atoms with Gasteiger partial charge in [-0.3, -0.25) is 9.59 Å². The molecule has 21 heavy (non-hydrogen) atoms. The molecular weight excluding hydrogens is 274 g/mol. The number of amides is 1. The van der Waals surface area contributed by atoms with Gasteiger partial charge in [-0.25, -0.2) is 9.97 Å². The number of rotatable bonds is 4. The van der Waals surface area contributed by atoms with Crippen LogP contribution in [0.25, 0.3) is 11.1 Å². The summed E-state index contributed by atoms with van der Waals surface area (Å²) in [5.41, 5.74) is -0.0146. The first kappa shape index (κ1) is 13.1. The van der Waals surface area contributed by atoms with Gasteiger partial charge in [-0.2, -0.15) is 0 Å². The van der Waals surface area contributed by atoms with Crippen LogP contribution in [0.3, 0.4) is 0 Å². The lowest BCUT2D eigenvalue weighted by Crippen LogP contribution is -2.27. The van der Waals surface area contributed by atoms with E-state index in [1.807, 2.05) is 0 Å². The molecular formula is C13H13N5O3. The van der Waals surface area contributed by atoms with E-state index in [9.17, 15) is 9.59 Å². The molecule has 0 saturated carbocycles. The topological polar surface area (TPSA) is 117 Å². The average molecular weight is 287 g/mol. The Hall–Kier alpha value is -2.90. The van der Waals surface area contributed by atoms with Crippen molar-refractivity contribution in [1.82, 2.24) is 25.3 Å². The third kappa shape index (κ3) is 2.42. The number of hydrogen-bond donors (Lipinski definition) is 3. The monoisotopic (exact) mass is 287 g/mol. The second-order valence-electron chi connectivity index (χ2n) is 4.49. The molecule has 0 fully saturated rings. The van der Waals surface area contributed by atoms with E-state index in [4.69, 9.17) is 4.42 Å². The summed E-state index contributed by atoms with van der Waals surface area (Å²) in [5, 5.41) is 2.92. The molecule has 108 valence electrons. The lowest BCUT2D eigenvalue weighted by Gasteiger charge is -2.03. The molecule has 1 amide bonds. The molecule has 0 aliphatic rings. The number of aryl methyl sites for hydroxylation is 1. The first-order chi connectivity index (χ1) is 10.2. The highest BCUT2D eigenvalue weighted by atomic mass is 16.3. The van der Waals surface area contributed by atoms with Gasteiger partial charge in [0.25, 0.3) is 11.5 Å². The molecule has 3 aromatic rings. The summed E-state index contributed by atoms with van der Waals surface area (Å²) in [6.07, 6.45) is 5.18. The fourth-order valence-electron chi connectivity index (χ4n) is 2.14. The smallest absolute Gasteiger partial charge is 0.262 e. The number of aromatic nitrogens is 4. The predicted molar refractivity (Wildman–Crippen MR) is 74.0 cm³/mol. The third-order valence-electron chi connectivity index (χ3n) is 3.10. The maximum absolute atomic E-state index is 12.2. The van der Waals surface area contributed by atoms with Crippen LogP contribution in [0.1, 0.15) is 21.9 Å². The molecule has 0 radical (unpaired) electrons. The summed E-state index contributed by atoms with van der Waals surface area (Å²) in [5.74, 6) is 0.782. The standard InChI is InChI=1S/C13H13N5O3/c1-7-9(10-12(20)17-6-18-13(10)21-7)11(19)16-3-2-8-14-4-5-15-8/h4-6H,2-3H2,1H3,(H,14,15)(H,16,19)(H,17,18,20). The molecule has 0 saturated heterocycles. The quantitative estimate of drug-likeness (QED) is 0.646. The molecule has 3 rings (SSSR count). The van der Waals surface area contributed by atoms with Gasteiger partial charge >= 0.3 is 0 Å². The van der Waals surface area contributed by atoms with Crippen molar-refractivity contribution < 1.29 is 9.21 Å². The van der Waals surface area contributed by atoms with E-state index in [-0.39, 0.29) is 22.6 Å². The number of nitrogens with zero attached hydrogens (tertiary/aromatic N) is 2. The van der Waals surface area contributed by atoms with Crippen LogP contribution < -0.4 is 10.9 Å². The van der Waals surface area contributed by atoms with Crippen LogP contribution in [-0.2, 0) is 6.42 Å². The molecule has 3 aromatic heterocycles. The van der Waals surface area contributed by atoms with Gasteiger partial charge in [-0.05, 0) is 6.92 Å². The number of H-pyrrole nitrogens is 2. The molecule has 8 heteroatoms. The normalized spacial score (nSPS) is 10.9. The number of fused-ring (bicyclic) bond motifs is 1. The second kappa shape index (κ2) is 5.23. The Bertz CT molecular complexity index is 831. The van der Waals surface area contributed by atoms with Crippen molar-refractivity contribution in [2.75, 3.05) is 6.54 Å². The summed E-state index contributed by atoms with van der Waals surface area (Å²) in [6.45, 7) is 2.03. The molecule has 0 bridgehead atoms. The van der Waals surface area contributed by atoms with Gasteiger partial charge in [-0.1, -0.05) is 0 Å². The third-order valence-corrected chi connectivity index (χ3v) is 3.10. The average Bonchev–Trinajstić information content (AvgIpc) is 3.06.